The van der Waals surface area contributed by atoms with Crippen LogP contribution in [-0.4, -0.2) is 40.4 Å². The lowest BCUT2D eigenvalue weighted by atomic mass is 9.59. The van der Waals surface area contributed by atoms with Gasteiger partial charge in [-0.1, -0.05) is 17.3 Å². The first-order valence-corrected chi connectivity index (χ1v) is 10.9. The van der Waals surface area contributed by atoms with Crippen molar-refractivity contribution in [2.75, 3.05) is 18.0 Å². The summed E-state index contributed by atoms with van der Waals surface area (Å²) in [6, 6.07) is 11.5. The highest BCUT2D eigenvalue weighted by molar-refractivity contribution is 5.85. The molecule has 3 aromatic rings. The summed E-state index contributed by atoms with van der Waals surface area (Å²) in [6.07, 6.45) is 2.59. The fourth-order valence-electron chi connectivity index (χ4n) is 5.15. The fraction of sp³-hybridized carbons (Fsp3) is 0.333. The van der Waals surface area contributed by atoms with Gasteiger partial charge >= 0.3 is 12.1 Å². The van der Waals surface area contributed by atoms with Crippen molar-refractivity contribution < 1.29 is 28.3 Å². The van der Waals surface area contributed by atoms with Crippen LogP contribution in [0.5, 0.6) is 0 Å². The van der Waals surface area contributed by atoms with Crippen LogP contribution in [0.1, 0.15) is 41.6 Å². The predicted molar refractivity (Wildman–Crippen MR) is 118 cm³/mol. The van der Waals surface area contributed by atoms with Crippen molar-refractivity contribution in [2.24, 2.45) is 17.1 Å². The average molecular weight is 466 g/mol. The molecule has 1 atom stereocenters. The molecule has 1 aliphatic heterocycles. The normalized spacial score (nSPS) is 22.4. The summed E-state index contributed by atoms with van der Waals surface area (Å²) in [5.74, 6) is -0.483. The van der Waals surface area contributed by atoms with Crippen LogP contribution in [0, 0.1) is 17.2 Å². The zero-order valence-electron chi connectivity index (χ0n) is 18.2. The molecule has 0 radical (unpaired) electrons. The Kier molecular flexibility index (Phi) is 5.43. The molecular formula is C24H23FN4O5. The second-order valence-electron chi connectivity index (χ2n) is 9.03. The molecule has 1 spiro atoms. The van der Waals surface area contributed by atoms with Crippen LogP contribution < -0.4 is 10.6 Å². The van der Waals surface area contributed by atoms with Crippen LogP contribution in [0.25, 0.3) is 11.1 Å². The maximum Gasteiger partial charge on any atom is 0.405 e. The number of ether oxygens (including phenoxy) is 1. The van der Waals surface area contributed by atoms with E-state index in [-0.39, 0.29) is 28.6 Å². The van der Waals surface area contributed by atoms with Gasteiger partial charge in [-0.15, -0.1) is 0 Å². The number of aromatic carboxylic acids is 1. The number of aromatic nitrogens is 2. The monoisotopic (exact) mass is 466 g/mol. The smallest absolute Gasteiger partial charge is 0.405 e. The molecule has 2 aliphatic rings. The molecule has 1 unspecified atom stereocenters. The first-order chi connectivity index (χ1) is 16.3. The molecule has 34 heavy (non-hydrogen) atoms. The molecule has 3 heterocycles. The number of nitrogens with zero attached hydrogens (tertiary/aromatic N) is 3. The van der Waals surface area contributed by atoms with Crippen molar-refractivity contribution in [3.05, 3.63) is 65.9 Å². The number of nitrogens with two attached hydrogens (primary N) is 1. The van der Waals surface area contributed by atoms with Gasteiger partial charge in [-0.3, -0.25) is 0 Å². The fourth-order valence-corrected chi connectivity index (χ4v) is 5.15. The number of anilines is 1. The molecule has 5 rings (SSSR count). The summed E-state index contributed by atoms with van der Waals surface area (Å²) >= 11 is 0. The van der Waals surface area contributed by atoms with E-state index < -0.39 is 18.2 Å². The summed E-state index contributed by atoms with van der Waals surface area (Å²) in [6.45, 7) is 1.66. The van der Waals surface area contributed by atoms with Gasteiger partial charge in [0.2, 0.25) is 0 Å². The third kappa shape index (κ3) is 4.18. The molecule has 9 nitrogen and oxygen atoms in total. The highest BCUT2D eigenvalue weighted by Crippen LogP contribution is 2.56. The van der Waals surface area contributed by atoms with E-state index in [0.717, 1.165) is 49.3 Å². The molecule has 3 N–H and O–H groups in total. The Morgan fingerprint density at radius 3 is 2.56 bits per heavy atom. The Labute approximate surface area is 194 Å². The molecule has 1 amide bonds. The van der Waals surface area contributed by atoms with E-state index in [1.807, 2.05) is 12.1 Å². The number of hydrogen-bond acceptors (Lipinski definition) is 7. The van der Waals surface area contributed by atoms with Crippen LogP contribution in [-0.2, 0) is 4.74 Å². The van der Waals surface area contributed by atoms with Crippen LogP contribution >= 0.6 is 0 Å². The van der Waals surface area contributed by atoms with Gasteiger partial charge in [-0.25, -0.2) is 19.0 Å². The number of halogens is 1. The maximum atomic E-state index is 13.2. The highest BCUT2D eigenvalue weighted by atomic mass is 19.1. The van der Waals surface area contributed by atoms with Crippen LogP contribution in [0.2, 0.25) is 0 Å². The van der Waals surface area contributed by atoms with E-state index in [0.29, 0.717) is 0 Å². The second kappa shape index (κ2) is 8.44. The Morgan fingerprint density at radius 2 is 1.94 bits per heavy atom. The number of carboxylic acid groups (broad SMARTS) is 1. The summed E-state index contributed by atoms with van der Waals surface area (Å²) in [4.78, 5) is 29.4. The second-order valence-corrected chi connectivity index (χ2v) is 9.03. The number of primary amides is 1. The minimum absolute atomic E-state index is 0.0455. The molecule has 1 saturated carbocycles. The van der Waals surface area contributed by atoms with Crippen LogP contribution in [0.15, 0.2) is 53.2 Å². The van der Waals surface area contributed by atoms with Gasteiger partial charge in [0.25, 0.3) is 0 Å². The highest BCUT2D eigenvalue weighted by Gasteiger charge is 2.52. The lowest BCUT2D eigenvalue weighted by molar-refractivity contribution is -0.0406. The van der Waals surface area contributed by atoms with Gasteiger partial charge in [0.05, 0.1) is 0 Å². The summed E-state index contributed by atoms with van der Waals surface area (Å²) < 4.78 is 23.6. The van der Waals surface area contributed by atoms with E-state index in [9.17, 15) is 14.0 Å². The molecule has 0 bridgehead atoms. The van der Waals surface area contributed by atoms with Crippen molar-refractivity contribution in [3.63, 3.8) is 0 Å². The average Bonchev–Trinajstić information content (AvgIpc) is 3.46. The summed E-state index contributed by atoms with van der Waals surface area (Å²) in [5, 5.41) is 12.6. The largest absolute Gasteiger partial charge is 0.476 e. The van der Waals surface area contributed by atoms with Crippen molar-refractivity contribution in [1.29, 1.82) is 0 Å². The lowest BCUT2D eigenvalue weighted by Gasteiger charge is -2.47. The Morgan fingerprint density at radius 1 is 1.21 bits per heavy atom. The molecule has 1 aliphatic carbocycles. The number of pyridine rings is 1. The van der Waals surface area contributed by atoms with Crippen LogP contribution in [0.4, 0.5) is 15.0 Å². The van der Waals surface area contributed by atoms with E-state index in [1.54, 1.807) is 18.3 Å². The minimum Gasteiger partial charge on any atom is -0.476 e. The van der Waals surface area contributed by atoms with E-state index in [4.69, 9.17) is 20.1 Å². The Hall–Kier alpha value is -3.95. The molecular weight excluding hydrogens is 443 g/mol. The lowest BCUT2D eigenvalue weighted by Crippen LogP contribution is -2.43. The number of carboxylic acids is 1. The van der Waals surface area contributed by atoms with Gasteiger partial charge in [0.1, 0.15) is 11.6 Å². The van der Waals surface area contributed by atoms with Crippen molar-refractivity contribution >= 4 is 17.9 Å². The molecule has 10 heteroatoms. The Balaban J connectivity index is 1.24. The zero-order chi connectivity index (χ0) is 23.9. The van der Waals surface area contributed by atoms with Gasteiger partial charge in [0.15, 0.2) is 17.6 Å². The van der Waals surface area contributed by atoms with E-state index >= 15 is 0 Å². The number of rotatable bonds is 6. The summed E-state index contributed by atoms with van der Waals surface area (Å²) in [5.41, 5.74) is 6.87. The van der Waals surface area contributed by atoms with Gasteiger partial charge in [-0.2, -0.15) is 0 Å². The zero-order valence-corrected chi connectivity index (χ0v) is 18.2. The van der Waals surface area contributed by atoms with Crippen molar-refractivity contribution in [3.8, 4) is 11.1 Å². The third-order valence-electron chi connectivity index (χ3n) is 6.78. The van der Waals surface area contributed by atoms with Gasteiger partial charge in [-0.05, 0) is 54.5 Å². The first-order valence-electron chi connectivity index (χ1n) is 10.9. The number of carbonyl (C=O) groups excluding carboxylic acids is 1. The standard InChI is InChI=1S/C24H23FN4O5/c25-17-4-1-14(2-5-17)15-3-6-20(27-12-15)29-8-7-24(13-29)10-16(11-24)21(33-23(26)32)19-9-18(22(30)31)28-34-19/h1-6,9,12,16,21H,7-8,10-11,13H2,(H2,26,32)(H,30,31). The SMILES string of the molecule is NC(=O)OC(c1cc(C(=O)O)no1)C1CC2(CCN(c3ccc(-c4ccc(F)cc4)cn3)C2)C1. The molecule has 2 fully saturated rings. The number of amides is 1. The van der Waals surface area contributed by atoms with Gasteiger partial charge in [0, 0.05) is 36.8 Å². The van der Waals surface area contributed by atoms with Crippen LogP contribution in [0.3, 0.4) is 0 Å². The predicted octanol–water partition coefficient (Wildman–Crippen LogP) is 4.02. The summed E-state index contributed by atoms with van der Waals surface area (Å²) in [7, 11) is 0. The molecule has 1 saturated heterocycles. The maximum absolute atomic E-state index is 13.2. The van der Waals surface area contributed by atoms with Crippen molar-refractivity contribution in [2.45, 2.75) is 25.4 Å². The topological polar surface area (TPSA) is 132 Å². The molecule has 176 valence electrons. The minimum atomic E-state index is -1.22. The number of hydrogen-bond donors (Lipinski definition) is 2. The number of benzene rings is 1. The molecule has 1 aromatic carbocycles. The first kappa shape index (κ1) is 21.9. The van der Waals surface area contributed by atoms with Crippen molar-refractivity contribution in [1.82, 2.24) is 10.1 Å². The van der Waals surface area contributed by atoms with E-state index in [2.05, 4.69) is 15.0 Å². The van der Waals surface area contributed by atoms with E-state index in [1.165, 1.54) is 18.2 Å². The Bertz CT molecular complexity index is 1200. The third-order valence-corrected chi connectivity index (χ3v) is 6.78. The molecule has 2 aromatic heterocycles. The van der Waals surface area contributed by atoms with Gasteiger partial charge < -0.3 is 25.0 Å². The quantitative estimate of drug-likeness (QED) is 0.557. The number of carbonyl (C=O) groups is 2.